The minimum absolute atomic E-state index is 0.458. The molecule has 4 heteroatoms. The van der Waals surface area contributed by atoms with Gasteiger partial charge in [0.05, 0.1) is 18.6 Å². The van der Waals surface area contributed by atoms with Gasteiger partial charge in [0.25, 0.3) is 0 Å². The molecule has 2 N–H and O–H groups in total. The highest BCUT2D eigenvalue weighted by atomic mass is 15.2. The number of terminal acetylenes is 1. The Bertz CT molecular complexity index is 635. The third-order valence-electron chi connectivity index (χ3n) is 2.83. The summed E-state index contributed by atoms with van der Waals surface area (Å²) in [6.45, 7) is 3.84. The van der Waals surface area contributed by atoms with Crippen molar-refractivity contribution in [3.05, 3.63) is 42.1 Å². The molecule has 20 heavy (non-hydrogen) atoms. The average molecular weight is 266 g/mol. The van der Waals surface area contributed by atoms with Crippen LogP contribution < -0.4 is 10.6 Å². The average Bonchev–Trinajstić information content (AvgIpc) is 2.50. The molecule has 0 fully saturated rings. The monoisotopic (exact) mass is 266 g/mol. The number of para-hydroxylation sites is 1. The van der Waals surface area contributed by atoms with E-state index in [4.69, 9.17) is 6.42 Å². The van der Waals surface area contributed by atoms with Crippen LogP contribution in [0.2, 0.25) is 0 Å². The Balaban J connectivity index is 2.20. The lowest BCUT2D eigenvalue weighted by Gasteiger charge is -2.09. The van der Waals surface area contributed by atoms with Crippen molar-refractivity contribution in [2.45, 2.75) is 13.5 Å². The number of rotatable bonds is 4. The van der Waals surface area contributed by atoms with Crippen LogP contribution >= 0.6 is 0 Å². The van der Waals surface area contributed by atoms with E-state index in [-0.39, 0.29) is 0 Å². The molecule has 1 aromatic carbocycles. The van der Waals surface area contributed by atoms with Crippen LogP contribution in [0.4, 0.5) is 0 Å². The molecule has 1 heterocycles. The van der Waals surface area contributed by atoms with Crippen LogP contribution in [0.3, 0.4) is 0 Å². The van der Waals surface area contributed by atoms with Gasteiger partial charge in [-0.2, -0.15) is 0 Å². The first-order valence-corrected chi connectivity index (χ1v) is 6.63. The number of guanidine groups is 1. The molecule has 0 radical (unpaired) electrons. The molecule has 2 rings (SSSR count). The SMILES string of the molecule is C#CCNC(=NCc1cccc2cccnc12)NCC. The fourth-order valence-corrected chi connectivity index (χ4v) is 1.94. The first kappa shape index (κ1) is 13.9. The quantitative estimate of drug-likeness (QED) is 0.505. The van der Waals surface area contributed by atoms with Crippen LogP contribution in [0.25, 0.3) is 10.9 Å². The van der Waals surface area contributed by atoms with Gasteiger partial charge in [-0.1, -0.05) is 30.2 Å². The Morgan fingerprint density at radius 2 is 2.15 bits per heavy atom. The fraction of sp³-hybridized carbons (Fsp3) is 0.250. The molecule has 0 unspecified atom stereocenters. The second-order valence-electron chi connectivity index (χ2n) is 4.25. The third-order valence-corrected chi connectivity index (χ3v) is 2.83. The highest BCUT2D eigenvalue weighted by Crippen LogP contribution is 2.16. The van der Waals surface area contributed by atoms with Gasteiger partial charge in [-0.25, -0.2) is 4.99 Å². The number of fused-ring (bicyclic) bond motifs is 1. The van der Waals surface area contributed by atoms with E-state index >= 15 is 0 Å². The highest BCUT2D eigenvalue weighted by molar-refractivity contribution is 5.83. The van der Waals surface area contributed by atoms with Crippen molar-refractivity contribution in [3.63, 3.8) is 0 Å². The van der Waals surface area contributed by atoms with E-state index in [0.29, 0.717) is 13.1 Å². The van der Waals surface area contributed by atoms with Gasteiger partial charge >= 0.3 is 0 Å². The first-order chi connectivity index (χ1) is 9.85. The number of nitrogens with one attached hydrogen (secondary N) is 2. The number of pyridine rings is 1. The molecule has 102 valence electrons. The van der Waals surface area contributed by atoms with E-state index in [1.54, 1.807) is 6.20 Å². The van der Waals surface area contributed by atoms with E-state index in [0.717, 1.165) is 29.0 Å². The Hall–Kier alpha value is -2.54. The van der Waals surface area contributed by atoms with Crippen LogP contribution in [0.1, 0.15) is 12.5 Å². The molecular weight excluding hydrogens is 248 g/mol. The summed E-state index contributed by atoms with van der Waals surface area (Å²) < 4.78 is 0. The predicted molar refractivity (Wildman–Crippen MR) is 83.4 cm³/mol. The van der Waals surface area contributed by atoms with Crippen LogP contribution in [-0.4, -0.2) is 24.0 Å². The van der Waals surface area contributed by atoms with Gasteiger partial charge in [0.15, 0.2) is 5.96 Å². The second kappa shape index (κ2) is 7.15. The van der Waals surface area contributed by atoms with Gasteiger partial charge in [0.2, 0.25) is 0 Å². The largest absolute Gasteiger partial charge is 0.357 e. The molecule has 4 nitrogen and oxygen atoms in total. The second-order valence-corrected chi connectivity index (χ2v) is 4.25. The Labute approximate surface area is 119 Å². The maximum atomic E-state index is 5.25. The molecule has 0 amide bonds. The number of nitrogens with zero attached hydrogens (tertiary/aromatic N) is 2. The summed E-state index contributed by atoms with van der Waals surface area (Å²) in [4.78, 5) is 8.96. The van der Waals surface area contributed by atoms with Crippen molar-refractivity contribution in [2.24, 2.45) is 4.99 Å². The number of hydrogen-bond acceptors (Lipinski definition) is 2. The first-order valence-electron chi connectivity index (χ1n) is 6.63. The van der Waals surface area contributed by atoms with E-state index in [1.807, 2.05) is 25.1 Å². The molecule has 0 aliphatic carbocycles. The van der Waals surface area contributed by atoms with E-state index in [1.165, 1.54) is 0 Å². The number of hydrogen-bond donors (Lipinski definition) is 2. The minimum atomic E-state index is 0.458. The molecular formula is C16H18N4. The summed E-state index contributed by atoms with van der Waals surface area (Å²) >= 11 is 0. The standard InChI is InChI=1S/C16H18N4/c1-3-10-19-16(17-4-2)20-12-14-8-5-7-13-9-6-11-18-15(13)14/h1,5-9,11H,4,10,12H2,2H3,(H2,17,19,20). The summed E-state index contributed by atoms with van der Waals surface area (Å²) in [7, 11) is 0. The third kappa shape index (κ3) is 3.48. The maximum absolute atomic E-state index is 5.25. The number of aromatic nitrogens is 1. The molecule has 2 aromatic rings. The summed E-state index contributed by atoms with van der Waals surface area (Å²) in [5.74, 6) is 3.26. The van der Waals surface area contributed by atoms with Crippen molar-refractivity contribution < 1.29 is 0 Å². The lowest BCUT2D eigenvalue weighted by Crippen LogP contribution is -2.37. The van der Waals surface area contributed by atoms with Crippen molar-refractivity contribution in [1.82, 2.24) is 15.6 Å². The van der Waals surface area contributed by atoms with E-state index < -0.39 is 0 Å². The van der Waals surface area contributed by atoms with Crippen LogP contribution in [0, 0.1) is 12.3 Å². The van der Waals surface area contributed by atoms with Crippen LogP contribution in [0.15, 0.2) is 41.5 Å². The fourth-order valence-electron chi connectivity index (χ4n) is 1.94. The molecule has 0 bridgehead atoms. The minimum Gasteiger partial charge on any atom is -0.357 e. The molecule has 0 atom stereocenters. The number of aliphatic imine (C=N–C) groups is 1. The Morgan fingerprint density at radius 1 is 1.30 bits per heavy atom. The van der Waals surface area contributed by atoms with Crippen molar-refractivity contribution in [1.29, 1.82) is 0 Å². The van der Waals surface area contributed by atoms with E-state index in [9.17, 15) is 0 Å². The lowest BCUT2D eigenvalue weighted by atomic mass is 10.1. The normalized spacial score (nSPS) is 11.1. The van der Waals surface area contributed by atoms with Gasteiger partial charge in [-0.05, 0) is 18.6 Å². The predicted octanol–water partition coefficient (Wildman–Crippen LogP) is 1.92. The van der Waals surface area contributed by atoms with E-state index in [2.05, 4.69) is 38.7 Å². The molecule has 0 spiro atoms. The maximum Gasteiger partial charge on any atom is 0.192 e. The topological polar surface area (TPSA) is 49.3 Å². The highest BCUT2D eigenvalue weighted by Gasteiger charge is 2.01. The van der Waals surface area contributed by atoms with Crippen molar-refractivity contribution in [2.75, 3.05) is 13.1 Å². The number of benzene rings is 1. The molecule has 0 aliphatic heterocycles. The van der Waals surface area contributed by atoms with Gasteiger partial charge < -0.3 is 10.6 Å². The zero-order valence-corrected chi connectivity index (χ0v) is 11.6. The Kier molecular flexibility index (Phi) is 4.96. The van der Waals surface area contributed by atoms with Crippen molar-refractivity contribution in [3.8, 4) is 12.3 Å². The zero-order chi connectivity index (χ0) is 14.2. The summed E-state index contributed by atoms with van der Waals surface area (Å²) in [5, 5.41) is 7.36. The van der Waals surface area contributed by atoms with Crippen LogP contribution in [-0.2, 0) is 6.54 Å². The van der Waals surface area contributed by atoms with Gasteiger partial charge in [-0.3, -0.25) is 4.98 Å². The summed E-state index contributed by atoms with van der Waals surface area (Å²) in [6, 6.07) is 10.1. The molecule has 0 saturated heterocycles. The molecule has 1 aromatic heterocycles. The van der Waals surface area contributed by atoms with Gasteiger partial charge in [0.1, 0.15) is 0 Å². The zero-order valence-electron chi connectivity index (χ0n) is 11.6. The summed E-state index contributed by atoms with van der Waals surface area (Å²) in [6.07, 6.45) is 7.05. The summed E-state index contributed by atoms with van der Waals surface area (Å²) in [5.41, 5.74) is 2.09. The smallest absolute Gasteiger partial charge is 0.192 e. The lowest BCUT2D eigenvalue weighted by molar-refractivity contribution is 0.866. The van der Waals surface area contributed by atoms with Gasteiger partial charge in [-0.15, -0.1) is 6.42 Å². The Morgan fingerprint density at radius 3 is 2.95 bits per heavy atom. The molecule has 0 saturated carbocycles. The van der Waals surface area contributed by atoms with Crippen LogP contribution in [0.5, 0.6) is 0 Å². The molecule has 0 aliphatic rings. The van der Waals surface area contributed by atoms with Crippen molar-refractivity contribution >= 4 is 16.9 Å². The van der Waals surface area contributed by atoms with Gasteiger partial charge in [0, 0.05) is 18.1 Å².